The quantitative estimate of drug-likeness (QED) is 0.0209. The summed E-state index contributed by atoms with van der Waals surface area (Å²) >= 11 is 0. The van der Waals surface area contributed by atoms with Crippen molar-refractivity contribution < 1.29 is 62.1 Å². The zero-order valence-electron chi connectivity index (χ0n) is 43.1. The minimum Gasteiger partial charge on any atom is -0.458 e. The van der Waals surface area contributed by atoms with Crippen molar-refractivity contribution in [1.82, 2.24) is 46.4 Å². The monoisotopic (exact) mass is 1070 g/mol. The van der Waals surface area contributed by atoms with Crippen LogP contribution >= 0.6 is 0 Å². The number of pyridine rings is 2. The summed E-state index contributed by atoms with van der Waals surface area (Å²) in [7, 11) is 0. The van der Waals surface area contributed by atoms with E-state index in [0.29, 0.717) is 89.5 Å². The Morgan fingerprint density at radius 2 is 1.55 bits per heavy atom. The van der Waals surface area contributed by atoms with Crippen molar-refractivity contribution in [2.24, 2.45) is 5.92 Å². The van der Waals surface area contributed by atoms with Gasteiger partial charge in [0.2, 0.25) is 35.4 Å². The molecule has 2 aromatic heterocycles. The maximum absolute atomic E-state index is 15.5. The van der Waals surface area contributed by atoms with Crippen LogP contribution in [0.4, 0.5) is 4.39 Å². The zero-order chi connectivity index (χ0) is 55.4. The number of nitrogens with one attached hydrogen (secondary N) is 6. The number of cyclic esters (lactones) is 1. The molecule has 2 aliphatic carbocycles. The summed E-state index contributed by atoms with van der Waals surface area (Å²) in [4.78, 5) is 135. The fourth-order valence-electron chi connectivity index (χ4n) is 10.5. The highest BCUT2D eigenvalue weighted by Gasteiger charge is 2.46. The number of imide groups is 1. The van der Waals surface area contributed by atoms with E-state index in [2.05, 4.69) is 31.9 Å². The lowest BCUT2D eigenvalue weighted by atomic mass is 9.81. The van der Waals surface area contributed by atoms with Gasteiger partial charge in [0, 0.05) is 54.1 Å². The lowest BCUT2D eigenvalue weighted by molar-refractivity contribution is -0.172. The molecule has 3 aliphatic heterocycles. The first kappa shape index (κ1) is 54.6. The van der Waals surface area contributed by atoms with Gasteiger partial charge in [-0.3, -0.25) is 48.1 Å². The number of fused-ring (bicyclic) bond motifs is 5. The molecule has 0 radical (unpaired) electrons. The molecule has 9 rings (SSSR count). The SMILES string of the molecule is CC[C@@]1(O)C(=O)OCc2c1cc1n(c2=O)Cc2c-1nc1cc(F)c(C)c3c1c2C(NC(=O)C(OCNC(=O)CNC(=O)C(Cc1ccccc1)NC(=O)CNC(=O)CNC(=O)CCCCCN1C(=O)C=CC1=O)C1CC1)CC3. The van der Waals surface area contributed by atoms with Gasteiger partial charge in [-0.1, -0.05) is 43.7 Å². The number of ether oxygens (including phenoxy) is 2. The highest BCUT2D eigenvalue weighted by molar-refractivity contribution is 6.12. The molecule has 0 bridgehead atoms. The standard InChI is InChI=1S/C55H60FN9O13/c1-3-55(76)35-21-40-49-33(26-65(40)53(74)34(35)27-77-54(55)75)48-37(16-15-32-29(2)36(56)22-38(62-49)47(32)48)63-52(73)50(31-13-14-31)78-28-60-43(68)24-59-51(72)39(20-30-10-6-4-7-11-30)61-44(69)25-58-42(67)23-57-41(66)12-8-5-9-19-64-45(70)17-18-46(64)71/h4,6-7,10-11,17-18,21-22,31,37,39,50,76H,3,5,8-9,12-16,19-20,23-28H2,1-2H3,(H,57,66)(H,58,67)(H,59,72)(H,60,68)(H,61,69)(H,63,73)/t37?,39?,50?,55-/m0/s1. The van der Waals surface area contributed by atoms with Crippen LogP contribution in [0.1, 0.15) is 103 Å². The number of unbranched alkanes of at least 4 members (excludes halogenated alkanes) is 2. The van der Waals surface area contributed by atoms with Gasteiger partial charge >= 0.3 is 5.97 Å². The van der Waals surface area contributed by atoms with Crippen molar-refractivity contribution in [3.8, 4) is 11.4 Å². The van der Waals surface area contributed by atoms with E-state index in [1.807, 2.05) is 0 Å². The molecule has 0 spiro atoms. The van der Waals surface area contributed by atoms with Gasteiger partial charge in [-0.15, -0.1) is 0 Å². The summed E-state index contributed by atoms with van der Waals surface area (Å²) in [5.41, 5.74) is 1.96. The van der Waals surface area contributed by atoms with E-state index in [4.69, 9.17) is 14.5 Å². The van der Waals surface area contributed by atoms with Crippen molar-refractivity contribution in [3.63, 3.8) is 0 Å². The van der Waals surface area contributed by atoms with Crippen LogP contribution in [0.25, 0.3) is 22.3 Å². The Hall–Kier alpha value is -8.18. The van der Waals surface area contributed by atoms with E-state index >= 15 is 4.39 Å². The number of amides is 8. The maximum atomic E-state index is 15.5. The van der Waals surface area contributed by atoms with Crippen LogP contribution in [-0.2, 0) is 84.2 Å². The second-order valence-electron chi connectivity index (χ2n) is 20.1. The van der Waals surface area contributed by atoms with Crippen LogP contribution < -0.4 is 37.5 Å². The van der Waals surface area contributed by atoms with E-state index in [0.717, 1.165) is 10.5 Å². The van der Waals surface area contributed by atoms with Gasteiger partial charge in [0.15, 0.2) is 5.60 Å². The third-order valence-corrected chi connectivity index (χ3v) is 15.0. The van der Waals surface area contributed by atoms with Gasteiger partial charge in [0.25, 0.3) is 17.4 Å². The summed E-state index contributed by atoms with van der Waals surface area (Å²) < 4.78 is 28.3. The molecule has 0 saturated heterocycles. The fraction of sp³-hybridized carbons (Fsp3) is 0.436. The van der Waals surface area contributed by atoms with E-state index in [-0.39, 0.29) is 67.8 Å². The summed E-state index contributed by atoms with van der Waals surface area (Å²) in [5.74, 6) is -5.79. The van der Waals surface area contributed by atoms with Crippen molar-refractivity contribution in [1.29, 1.82) is 0 Å². The van der Waals surface area contributed by atoms with Crippen LogP contribution in [-0.4, -0.2) is 118 Å². The number of aryl methyl sites for hydroxylation is 1. The number of benzene rings is 2. The van der Waals surface area contributed by atoms with E-state index in [1.165, 1.54) is 22.8 Å². The van der Waals surface area contributed by atoms with Gasteiger partial charge in [-0.25, -0.2) is 14.2 Å². The number of esters is 1. The number of halogens is 1. The molecule has 4 aromatic rings. The fourth-order valence-corrected chi connectivity index (χ4v) is 10.5. The molecule has 22 nitrogen and oxygen atoms in total. The number of hydrogen-bond donors (Lipinski definition) is 7. The largest absolute Gasteiger partial charge is 0.458 e. The topological polar surface area (TPSA) is 303 Å². The molecule has 23 heteroatoms. The first-order chi connectivity index (χ1) is 37.4. The molecular formula is C55H60FN9O13. The van der Waals surface area contributed by atoms with Crippen molar-refractivity contribution in [2.75, 3.05) is 32.9 Å². The second-order valence-corrected chi connectivity index (χ2v) is 20.1. The molecule has 1 fully saturated rings. The number of hydrogen-bond acceptors (Lipinski definition) is 14. The van der Waals surface area contributed by atoms with Crippen molar-refractivity contribution >= 4 is 64.1 Å². The Morgan fingerprint density at radius 3 is 2.28 bits per heavy atom. The molecule has 7 N–H and O–H groups in total. The van der Waals surface area contributed by atoms with Crippen LogP contribution in [0.5, 0.6) is 0 Å². The predicted molar refractivity (Wildman–Crippen MR) is 274 cm³/mol. The Balaban J connectivity index is 0.777. The van der Waals surface area contributed by atoms with Crippen LogP contribution in [0, 0.1) is 18.7 Å². The molecule has 2 aromatic carbocycles. The third-order valence-electron chi connectivity index (χ3n) is 15.0. The summed E-state index contributed by atoms with van der Waals surface area (Å²) in [6.07, 6.45) is 5.24. The number of carbonyl (C=O) groups is 9. The third kappa shape index (κ3) is 11.6. The van der Waals surface area contributed by atoms with Crippen LogP contribution in [0.15, 0.2) is 59.4 Å². The van der Waals surface area contributed by atoms with E-state index in [1.54, 1.807) is 50.2 Å². The molecule has 3 unspecified atom stereocenters. The smallest absolute Gasteiger partial charge is 0.343 e. The number of carbonyl (C=O) groups excluding carboxylic acids is 9. The van der Waals surface area contributed by atoms with Crippen molar-refractivity contribution in [3.05, 3.63) is 110 Å². The number of nitrogens with zero attached hydrogens (tertiary/aromatic N) is 3. The molecule has 5 aliphatic rings. The second kappa shape index (κ2) is 23.2. The molecular weight excluding hydrogens is 1010 g/mol. The number of aromatic nitrogens is 2. The van der Waals surface area contributed by atoms with Crippen molar-refractivity contribution in [2.45, 2.75) is 115 Å². The minimum absolute atomic E-state index is 0.0396. The Kier molecular flexibility index (Phi) is 16.2. The van der Waals surface area contributed by atoms with Gasteiger partial charge < -0.3 is 51.0 Å². The number of rotatable bonds is 23. The molecule has 4 atom stereocenters. The molecule has 5 heterocycles. The minimum atomic E-state index is -2.05. The number of aliphatic hydroxyl groups is 1. The summed E-state index contributed by atoms with van der Waals surface area (Å²) in [6.45, 7) is 1.45. The highest BCUT2D eigenvalue weighted by atomic mass is 19.1. The molecule has 8 amide bonds. The highest BCUT2D eigenvalue weighted by Crippen LogP contribution is 2.46. The molecule has 1 saturated carbocycles. The zero-order valence-corrected chi connectivity index (χ0v) is 43.1. The van der Waals surface area contributed by atoms with Crippen LogP contribution in [0.2, 0.25) is 0 Å². The average Bonchev–Trinajstić information content (AvgIpc) is 4.32. The molecule has 410 valence electrons. The predicted octanol–water partition coefficient (Wildman–Crippen LogP) is 1.06. The van der Waals surface area contributed by atoms with Gasteiger partial charge in [-0.05, 0) is 86.1 Å². The first-order valence-electron chi connectivity index (χ1n) is 26.1. The lowest BCUT2D eigenvalue weighted by Gasteiger charge is -2.31. The Labute approximate surface area is 446 Å². The van der Waals surface area contributed by atoms with Gasteiger partial charge in [-0.2, -0.15) is 0 Å². The molecule has 78 heavy (non-hydrogen) atoms. The lowest BCUT2D eigenvalue weighted by Crippen LogP contribution is -2.52. The van der Waals surface area contributed by atoms with Gasteiger partial charge in [0.1, 0.15) is 31.3 Å². The van der Waals surface area contributed by atoms with E-state index in [9.17, 15) is 53.1 Å². The normalized spacial score (nSPS) is 18.5. The summed E-state index contributed by atoms with van der Waals surface area (Å²) in [6, 6.07) is 9.91. The van der Waals surface area contributed by atoms with Gasteiger partial charge in [0.05, 0.1) is 54.7 Å². The van der Waals surface area contributed by atoms with E-state index < -0.39 is 103 Å². The first-order valence-corrected chi connectivity index (χ1v) is 26.1. The average molecular weight is 1070 g/mol. The Bertz CT molecular complexity index is 3210. The van der Waals surface area contributed by atoms with Crippen LogP contribution in [0.3, 0.4) is 0 Å². The Morgan fingerprint density at radius 1 is 0.846 bits per heavy atom. The summed E-state index contributed by atoms with van der Waals surface area (Å²) in [5, 5.41) is 27.8. The maximum Gasteiger partial charge on any atom is 0.343 e.